The van der Waals surface area contributed by atoms with Crippen molar-refractivity contribution in [3.63, 3.8) is 0 Å². The van der Waals surface area contributed by atoms with Crippen LogP contribution >= 0.6 is 0 Å². The van der Waals surface area contributed by atoms with Gasteiger partial charge in [0.15, 0.2) is 0 Å². The SMILES string of the molecule is CCCCCCCCN(C(=O)C(CC(N)=O)NC(=O)OC(C)(C)C)C(C(=O)NC1CCCCC1)c1ccc(C)c(C)c1. The Morgan fingerprint density at radius 2 is 1.62 bits per heavy atom. The zero-order valence-corrected chi connectivity index (χ0v) is 26.7. The van der Waals surface area contributed by atoms with Gasteiger partial charge in [-0.1, -0.05) is 76.5 Å². The van der Waals surface area contributed by atoms with Crippen LogP contribution in [0.15, 0.2) is 18.2 Å². The zero-order valence-electron chi connectivity index (χ0n) is 26.7. The number of benzene rings is 1. The summed E-state index contributed by atoms with van der Waals surface area (Å²) in [6.07, 6.45) is 9.84. The first-order valence-corrected chi connectivity index (χ1v) is 15.8. The van der Waals surface area contributed by atoms with Crippen LogP contribution < -0.4 is 16.4 Å². The van der Waals surface area contributed by atoms with Crippen molar-refractivity contribution in [2.75, 3.05) is 6.54 Å². The van der Waals surface area contributed by atoms with Gasteiger partial charge in [-0.3, -0.25) is 14.4 Å². The number of carbonyl (C=O) groups is 4. The zero-order chi connectivity index (χ0) is 31.3. The highest BCUT2D eigenvalue weighted by Gasteiger charge is 2.37. The maximum Gasteiger partial charge on any atom is 0.408 e. The summed E-state index contributed by atoms with van der Waals surface area (Å²) in [7, 11) is 0. The van der Waals surface area contributed by atoms with Gasteiger partial charge < -0.3 is 26.0 Å². The third-order valence-electron chi connectivity index (χ3n) is 7.79. The van der Waals surface area contributed by atoms with Crippen molar-refractivity contribution in [2.24, 2.45) is 5.73 Å². The number of alkyl carbamates (subject to hydrolysis) is 1. The molecule has 42 heavy (non-hydrogen) atoms. The van der Waals surface area contributed by atoms with Crippen LogP contribution in [0.3, 0.4) is 0 Å². The molecule has 0 aliphatic heterocycles. The molecule has 0 aromatic heterocycles. The molecule has 1 saturated carbocycles. The summed E-state index contributed by atoms with van der Waals surface area (Å²) in [6, 6.07) is 3.65. The van der Waals surface area contributed by atoms with Gasteiger partial charge in [-0.2, -0.15) is 0 Å². The highest BCUT2D eigenvalue weighted by Crippen LogP contribution is 2.27. The lowest BCUT2D eigenvalue weighted by Crippen LogP contribution is -2.55. The Kier molecular flexibility index (Phi) is 14.3. The molecule has 1 fully saturated rings. The molecular weight excluding hydrogens is 532 g/mol. The molecule has 2 atom stereocenters. The number of ether oxygens (including phenoxy) is 1. The number of nitrogens with two attached hydrogens (primary N) is 1. The number of nitrogens with one attached hydrogen (secondary N) is 2. The van der Waals surface area contributed by atoms with Gasteiger partial charge >= 0.3 is 6.09 Å². The molecule has 0 radical (unpaired) electrons. The van der Waals surface area contributed by atoms with E-state index in [1.807, 2.05) is 32.0 Å². The molecule has 0 saturated heterocycles. The van der Waals surface area contributed by atoms with E-state index in [9.17, 15) is 19.2 Å². The van der Waals surface area contributed by atoms with E-state index in [1.165, 1.54) is 4.90 Å². The van der Waals surface area contributed by atoms with Crippen molar-refractivity contribution in [3.05, 3.63) is 34.9 Å². The Bertz CT molecular complexity index is 1050. The lowest BCUT2D eigenvalue weighted by molar-refractivity contribution is -0.143. The van der Waals surface area contributed by atoms with Gasteiger partial charge in [-0.15, -0.1) is 0 Å². The summed E-state index contributed by atoms with van der Waals surface area (Å²) < 4.78 is 5.39. The van der Waals surface area contributed by atoms with Crippen molar-refractivity contribution in [2.45, 2.75) is 142 Å². The fourth-order valence-electron chi connectivity index (χ4n) is 5.41. The molecule has 0 heterocycles. The summed E-state index contributed by atoms with van der Waals surface area (Å²) >= 11 is 0. The molecule has 2 unspecified atom stereocenters. The topological polar surface area (TPSA) is 131 Å². The summed E-state index contributed by atoms with van der Waals surface area (Å²) in [6.45, 7) is 11.6. The minimum absolute atomic E-state index is 0.0487. The van der Waals surface area contributed by atoms with Gasteiger partial charge in [-0.25, -0.2) is 4.79 Å². The van der Waals surface area contributed by atoms with Crippen LogP contribution in [-0.4, -0.2) is 52.9 Å². The third-order valence-corrected chi connectivity index (χ3v) is 7.79. The molecule has 4 N–H and O–H groups in total. The number of nitrogens with zero attached hydrogens (tertiary/aromatic N) is 1. The van der Waals surface area contributed by atoms with Crippen LogP contribution in [0.1, 0.15) is 127 Å². The number of hydrogen-bond acceptors (Lipinski definition) is 5. The second-order valence-electron chi connectivity index (χ2n) is 12.8. The monoisotopic (exact) mass is 586 g/mol. The van der Waals surface area contributed by atoms with Crippen LogP contribution in [0.4, 0.5) is 4.79 Å². The molecule has 9 heteroatoms. The second kappa shape index (κ2) is 17.1. The molecule has 1 aromatic rings. The second-order valence-corrected chi connectivity index (χ2v) is 12.8. The number of aryl methyl sites for hydroxylation is 2. The fourth-order valence-corrected chi connectivity index (χ4v) is 5.41. The molecule has 236 valence electrons. The lowest BCUT2D eigenvalue weighted by atomic mass is 9.94. The van der Waals surface area contributed by atoms with Crippen molar-refractivity contribution < 1.29 is 23.9 Å². The lowest BCUT2D eigenvalue weighted by Gasteiger charge is -2.36. The fraction of sp³-hybridized carbons (Fsp3) is 0.697. The highest BCUT2D eigenvalue weighted by atomic mass is 16.6. The van der Waals surface area contributed by atoms with Gasteiger partial charge in [0.25, 0.3) is 0 Å². The van der Waals surface area contributed by atoms with Crippen LogP contribution in [0.25, 0.3) is 0 Å². The number of amides is 4. The Labute approximate surface area is 252 Å². The molecule has 4 amide bonds. The Balaban J connectivity index is 2.48. The molecule has 1 aliphatic rings. The van der Waals surface area contributed by atoms with Gasteiger partial charge in [-0.05, 0) is 70.6 Å². The standard InChI is InChI=1S/C33H54N4O5/c1-7-8-9-10-11-15-20-37(31(40)27(22-28(34)38)36-32(41)42-33(4,5)6)29(25-19-18-23(2)24(3)21-25)30(39)35-26-16-13-12-14-17-26/h18-19,21,26-27,29H,7-17,20,22H2,1-6H3,(H2,34,38)(H,35,39)(H,36,41). The predicted molar refractivity (Wildman–Crippen MR) is 166 cm³/mol. The van der Waals surface area contributed by atoms with E-state index in [2.05, 4.69) is 17.6 Å². The Hall–Kier alpha value is -3.10. The normalized spacial score (nSPS) is 15.4. The maximum absolute atomic E-state index is 14.3. The average molecular weight is 587 g/mol. The molecular formula is C33H54N4O5. The van der Waals surface area contributed by atoms with Gasteiger partial charge in [0.2, 0.25) is 17.7 Å². The van der Waals surface area contributed by atoms with Crippen LogP contribution in [-0.2, 0) is 19.1 Å². The van der Waals surface area contributed by atoms with E-state index < -0.39 is 42.0 Å². The largest absolute Gasteiger partial charge is 0.444 e. The van der Waals surface area contributed by atoms with E-state index in [-0.39, 0.29) is 11.9 Å². The van der Waals surface area contributed by atoms with Crippen LogP contribution in [0.2, 0.25) is 0 Å². The first-order valence-electron chi connectivity index (χ1n) is 15.8. The van der Waals surface area contributed by atoms with Gasteiger partial charge in [0, 0.05) is 12.6 Å². The van der Waals surface area contributed by atoms with Crippen LogP contribution in [0.5, 0.6) is 0 Å². The van der Waals surface area contributed by atoms with Crippen molar-refractivity contribution in [3.8, 4) is 0 Å². The van der Waals surface area contributed by atoms with Crippen LogP contribution in [0, 0.1) is 13.8 Å². The Morgan fingerprint density at radius 1 is 0.976 bits per heavy atom. The number of hydrogen-bond donors (Lipinski definition) is 3. The van der Waals surface area contributed by atoms with E-state index in [1.54, 1.807) is 20.8 Å². The molecule has 2 rings (SSSR count). The number of primary amides is 1. The number of unbranched alkanes of at least 4 members (excludes halogenated alkanes) is 5. The molecule has 0 spiro atoms. The van der Waals surface area contributed by atoms with Gasteiger partial charge in [0.1, 0.15) is 17.7 Å². The molecule has 0 bridgehead atoms. The first-order chi connectivity index (χ1) is 19.8. The van der Waals surface area contributed by atoms with Crippen molar-refractivity contribution >= 4 is 23.8 Å². The number of carbonyl (C=O) groups excluding carboxylic acids is 4. The summed E-state index contributed by atoms with van der Waals surface area (Å²) in [5.41, 5.74) is 7.51. The van der Waals surface area contributed by atoms with Crippen molar-refractivity contribution in [1.29, 1.82) is 0 Å². The predicted octanol–water partition coefficient (Wildman–Crippen LogP) is 5.75. The van der Waals surface area contributed by atoms with E-state index in [4.69, 9.17) is 10.5 Å². The maximum atomic E-state index is 14.3. The third kappa shape index (κ3) is 12.0. The molecule has 9 nitrogen and oxygen atoms in total. The Morgan fingerprint density at radius 3 is 2.21 bits per heavy atom. The molecule has 1 aliphatic carbocycles. The average Bonchev–Trinajstić information content (AvgIpc) is 2.90. The minimum atomic E-state index is -1.27. The van der Waals surface area contributed by atoms with Gasteiger partial charge in [0.05, 0.1) is 6.42 Å². The highest BCUT2D eigenvalue weighted by molar-refractivity contribution is 5.94. The minimum Gasteiger partial charge on any atom is -0.444 e. The van der Waals surface area contributed by atoms with E-state index in [0.29, 0.717) is 18.5 Å². The smallest absolute Gasteiger partial charge is 0.408 e. The van der Waals surface area contributed by atoms with Crippen molar-refractivity contribution in [1.82, 2.24) is 15.5 Å². The summed E-state index contributed by atoms with van der Waals surface area (Å²) in [5.74, 6) is -1.52. The quantitative estimate of drug-likeness (QED) is 0.225. The van der Waals surface area contributed by atoms with E-state index >= 15 is 0 Å². The molecule has 1 aromatic carbocycles. The first kappa shape index (κ1) is 35.1. The number of rotatable bonds is 15. The summed E-state index contributed by atoms with van der Waals surface area (Å²) in [4.78, 5) is 54.7. The summed E-state index contributed by atoms with van der Waals surface area (Å²) in [5, 5.41) is 5.79. The van der Waals surface area contributed by atoms with E-state index in [0.717, 1.165) is 75.3 Å².